The summed E-state index contributed by atoms with van der Waals surface area (Å²) in [7, 11) is 0. The lowest BCUT2D eigenvalue weighted by molar-refractivity contribution is -0.189. The number of likely N-dealkylation sites (N-methyl/N-ethyl adjacent to an activating group) is 1. The molecule has 21 heavy (non-hydrogen) atoms. The van der Waals surface area contributed by atoms with Gasteiger partial charge in [0.1, 0.15) is 12.4 Å². The zero-order chi connectivity index (χ0) is 21.4. The second-order valence-corrected chi connectivity index (χ2v) is 4.74. The quantitative estimate of drug-likeness (QED) is 0.706. The first-order valence-electron chi connectivity index (χ1n) is 10.4. The van der Waals surface area contributed by atoms with Gasteiger partial charge in [-0.3, -0.25) is 4.99 Å². The molecule has 0 bridgehead atoms. The SMILES string of the molecule is [2H]C([2H])([2H])N1C([2H])([2H])CC=C(C2=NCN=C2OC(F)(F)CCCCC)C1([2H])[2H]. The second kappa shape index (κ2) is 7.11. The number of aliphatic imine (C=N–C) groups is 2. The van der Waals surface area contributed by atoms with E-state index in [1.165, 1.54) is 0 Å². The Kier molecular flexibility index (Phi) is 3.04. The fraction of sp³-hybridized carbons (Fsp3) is 0.733. The van der Waals surface area contributed by atoms with E-state index < -0.39 is 44.8 Å². The fourth-order valence-corrected chi connectivity index (χ4v) is 1.96. The molecule has 0 saturated heterocycles. The molecule has 2 heterocycles. The van der Waals surface area contributed by atoms with E-state index in [1.54, 1.807) is 0 Å². The van der Waals surface area contributed by atoms with Crippen LogP contribution >= 0.6 is 0 Å². The Hall–Kier alpha value is -1.30. The molecule has 4 nitrogen and oxygen atoms in total. The maximum Gasteiger partial charge on any atom is 0.399 e. The number of hydrogen-bond acceptors (Lipinski definition) is 4. The van der Waals surface area contributed by atoms with Crippen LogP contribution in [0, 0.1) is 0 Å². The summed E-state index contributed by atoms with van der Waals surface area (Å²) in [6, 6.07) is 0. The standard InChI is InChI=1S/C15H23F2N3O/c1-3-4-5-8-15(16,17)21-14-13(18-11-19-14)12-7-6-9-20(2)10-12/h7H,3-6,8-11H2,1-2H3/i2D3,9D2,10D2. The average Bonchev–Trinajstić information content (AvgIpc) is 2.91. The number of alkyl halides is 2. The van der Waals surface area contributed by atoms with Crippen molar-refractivity contribution in [1.82, 2.24) is 4.90 Å². The van der Waals surface area contributed by atoms with Crippen LogP contribution in [0.2, 0.25) is 0 Å². The molecule has 118 valence electrons. The highest BCUT2D eigenvalue weighted by Gasteiger charge is 2.35. The van der Waals surface area contributed by atoms with Crippen LogP contribution in [0.15, 0.2) is 21.6 Å². The van der Waals surface area contributed by atoms with E-state index in [2.05, 4.69) is 9.98 Å². The zero-order valence-electron chi connectivity index (χ0n) is 18.8. The lowest BCUT2D eigenvalue weighted by Crippen LogP contribution is -2.34. The van der Waals surface area contributed by atoms with Gasteiger partial charge in [0.05, 0.1) is 6.42 Å². The Balaban J connectivity index is 2.29. The highest BCUT2D eigenvalue weighted by Crippen LogP contribution is 2.26. The smallest absolute Gasteiger partial charge is 0.399 e. The van der Waals surface area contributed by atoms with Crippen molar-refractivity contribution in [3.63, 3.8) is 0 Å². The molecule has 2 aliphatic heterocycles. The summed E-state index contributed by atoms with van der Waals surface area (Å²) in [6.07, 6.45) is -1.81. The van der Waals surface area contributed by atoms with Gasteiger partial charge in [-0.2, -0.15) is 8.78 Å². The summed E-state index contributed by atoms with van der Waals surface area (Å²) in [5.74, 6) is -0.565. The minimum atomic E-state index is -3.53. The fourth-order valence-electron chi connectivity index (χ4n) is 1.96. The average molecular weight is 306 g/mol. The van der Waals surface area contributed by atoms with E-state index in [0.29, 0.717) is 6.42 Å². The number of nitrogens with zero attached hydrogens (tertiary/aromatic N) is 3. The van der Waals surface area contributed by atoms with Gasteiger partial charge in [-0.1, -0.05) is 25.8 Å². The molecule has 0 aromatic carbocycles. The predicted octanol–water partition coefficient (Wildman–Crippen LogP) is 3.25. The minimum absolute atomic E-state index is 0.111. The Morgan fingerprint density at radius 3 is 3.10 bits per heavy atom. The van der Waals surface area contributed by atoms with Gasteiger partial charge in [0, 0.05) is 22.6 Å². The molecule has 0 aliphatic carbocycles. The summed E-state index contributed by atoms with van der Waals surface area (Å²) in [5.41, 5.74) is -0.663. The van der Waals surface area contributed by atoms with Crippen molar-refractivity contribution in [2.24, 2.45) is 9.98 Å². The minimum Gasteiger partial charge on any atom is -0.413 e. The molecule has 0 saturated carbocycles. The van der Waals surface area contributed by atoms with Crippen molar-refractivity contribution in [3.8, 4) is 0 Å². The molecular formula is C15H23F2N3O. The summed E-state index contributed by atoms with van der Waals surface area (Å²) in [4.78, 5) is 7.75. The largest absolute Gasteiger partial charge is 0.413 e. The van der Waals surface area contributed by atoms with Crippen LogP contribution in [0.3, 0.4) is 0 Å². The van der Waals surface area contributed by atoms with Gasteiger partial charge in [-0.15, -0.1) is 0 Å². The van der Waals surface area contributed by atoms with E-state index in [0.717, 1.165) is 12.5 Å². The predicted molar refractivity (Wildman–Crippen MR) is 80.1 cm³/mol. The number of unbranched alkanes of at least 4 members (excludes halogenated alkanes) is 2. The van der Waals surface area contributed by atoms with Gasteiger partial charge < -0.3 is 9.64 Å². The molecule has 0 aromatic heterocycles. The van der Waals surface area contributed by atoms with Crippen molar-refractivity contribution in [1.29, 1.82) is 0 Å². The van der Waals surface area contributed by atoms with Gasteiger partial charge in [0.2, 0.25) is 5.90 Å². The molecule has 0 spiro atoms. The lowest BCUT2D eigenvalue weighted by atomic mass is 10.1. The van der Waals surface area contributed by atoms with Crippen molar-refractivity contribution in [3.05, 3.63) is 11.6 Å². The van der Waals surface area contributed by atoms with Crippen molar-refractivity contribution < 1.29 is 23.1 Å². The Morgan fingerprint density at radius 1 is 1.48 bits per heavy atom. The topological polar surface area (TPSA) is 37.2 Å². The third-order valence-corrected chi connectivity index (χ3v) is 3.01. The van der Waals surface area contributed by atoms with Crippen molar-refractivity contribution in [2.75, 3.05) is 26.6 Å². The Morgan fingerprint density at radius 2 is 2.33 bits per heavy atom. The van der Waals surface area contributed by atoms with E-state index in [4.69, 9.17) is 14.3 Å². The van der Waals surface area contributed by atoms with Gasteiger partial charge >= 0.3 is 6.11 Å². The molecule has 2 rings (SSSR count). The summed E-state index contributed by atoms with van der Waals surface area (Å²) in [5, 5.41) is 0. The summed E-state index contributed by atoms with van der Waals surface area (Å²) < 4.78 is 87.6. The Bertz CT molecular complexity index is 690. The van der Waals surface area contributed by atoms with Crippen LogP contribution in [-0.2, 0) is 4.74 Å². The number of ether oxygens (including phenoxy) is 1. The first-order chi connectivity index (χ1) is 12.7. The van der Waals surface area contributed by atoms with Crippen LogP contribution < -0.4 is 0 Å². The number of hydrogen-bond donors (Lipinski definition) is 0. The second-order valence-electron chi connectivity index (χ2n) is 4.74. The molecule has 2 aliphatic rings. The monoisotopic (exact) mass is 306 g/mol. The van der Waals surface area contributed by atoms with Gasteiger partial charge in [0.25, 0.3) is 0 Å². The van der Waals surface area contributed by atoms with E-state index in [-0.39, 0.29) is 29.3 Å². The van der Waals surface area contributed by atoms with Crippen LogP contribution in [0.5, 0.6) is 0 Å². The highest BCUT2D eigenvalue weighted by molar-refractivity contribution is 6.46. The van der Waals surface area contributed by atoms with Crippen LogP contribution in [0.25, 0.3) is 0 Å². The maximum absolute atomic E-state index is 14.1. The highest BCUT2D eigenvalue weighted by atomic mass is 19.3. The normalized spacial score (nSPS) is 30.4. The zero-order valence-corrected chi connectivity index (χ0v) is 11.8. The van der Waals surface area contributed by atoms with Crippen LogP contribution in [0.1, 0.15) is 48.6 Å². The van der Waals surface area contributed by atoms with Crippen molar-refractivity contribution in [2.45, 2.75) is 45.1 Å². The first kappa shape index (κ1) is 8.98. The molecule has 0 amide bonds. The number of rotatable bonds is 6. The van der Waals surface area contributed by atoms with Crippen LogP contribution in [0.4, 0.5) is 8.78 Å². The molecular weight excluding hydrogens is 276 g/mol. The van der Waals surface area contributed by atoms with E-state index >= 15 is 0 Å². The Labute approximate surface area is 134 Å². The van der Waals surface area contributed by atoms with Crippen molar-refractivity contribution >= 4 is 11.6 Å². The molecule has 0 aromatic rings. The third-order valence-electron chi connectivity index (χ3n) is 3.01. The van der Waals surface area contributed by atoms with Gasteiger partial charge in [-0.25, -0.2) is 4.99 Å². The molecule has 0 fully saturated rings. The first-order valence-corrected chi connectivity index (χ1v) is 6.90. The van der Waals surface area contributed by atoms with E-state index in [1.807, 2.05) is 6.92 Å². The van der Waals surface area contributed by atoms with Crippen LogP contribution in [-0.4, -0.2) is 49.3 Å². The molecule has 0 N–H and O–H groups in total. The summed E-state index contributed by atoms with van der Waals surface area (Å²) in [6.45, 7) is -6.83. The maximum atomic E-state index is 14.1. The van der Waals surface area contributed by atoms with Gasteiger partial charge in [-0.05, 0) is 25.4 Å². The summed E-state index contributed by atoms with van der Waals surface area (Å²) >= 11 is 0. The lowest BCUT2D eigenvalue weighted by Gasteiger charge is -2.24. The van der Waals surface area contributed by atoms with E-state index in [9.17, 15) is 8.78 Å². The molecule has 6 heteroatoms. The molecule has 0 radical (unpaired) electrons. The number of halogens is 2. The third kappa shape index (κ3) is 4.59. The molecule has 0 atom stereocenters. The molecule has 0 unspecified atom stereocenters. The van der Waals surface area contributed by atoms with Gasteiger partial charge in [0.15, 0.2) is 0 Å².